The highest BCUT2D eigenvalue weighted by Gasteiger charge is 2.35. The lowest BCUT2D eigenvalue weighted by Crippen LogP contribution is -2.01. The van der Waals surface area contributed by atoms with Crippen molar-refractivity contribution in [3.8, 4) is 0 Å². The third-order valence-electron chi connectivity index (χ3n) is 2.14. The van der Waals surface area contributed by atoms with Crippen molar-refractivity contribution < 1.29 is 0 Å². The molecule has 2 atom stereocenters. The largest absolute Gasteiger partial charge is 0.327 e. The number of benzene rings is 1. The van der Waals surface area contributed by atoms with Gasteiger partial charge in [0.25, 0.3) is 0 Å². The summed E-state index contributed by atoms with van der Waals surface area (Å²) in [6.07, 6.45) is 1.14. The fourth-order valence-corrected chi connectivity index (χ4v) is 1.93. The molecular weight excluding hydrogens is 237 g/mol. The molecule has 1 nitrogen and oxygen atoms in total. The standard InChI is InChI=1S/C9H10BrN.ClH/c10-8-4-2-1-3-6(8)7-5-9(7)11;/h1-4,7,9H,5,11H2;1H/t7-,9+;/m1./s1. The fraction of sp³-hybridized carbons (Fsp3) is 0.333. The Morgan fingerprint density at radius 3 is 2.42 bits per heavy atom. The number of nitrogens with two attached hydrogens (primary N) is 1. The van der Waals surface area contributed by atoms with Crippen molar-refractivity contribution in [3.63, 3.8) is 0 Å². The number of halogens is 2. The molecule has 0 amide bonds. The van der Waals surface area contributed by atoms with Crippen molar-refractivity contribution in [1.29, 1.82) is 0 Å². The first-order valence-electron chi connectivity index (χ1n) is 3.79. The summed E-state index contributed by atoms with van der Waals surface area (Å²) in [6.45, 7) is 0. The molecule has 2 N–H and O–H groups in total. The van der Waals surface area contributed by atoms with Crippen LogP contribution in [0.15, 0.2) is 28.7 Å². The van der Waals surface area contributed by atoms with Gasteiger partial charge in [0.1, 0.15) is 0 Å². The van der Waals surface area contributed by atoms with Crippen LogP contribution in [0.1, 0.15) is 17.9 Å². The molecule has 1 aromatic rings. The van der Waals surface area contributed by atoms with E-state index in [1.54, 1.807) is 0 Å². The van der Waals surface area contributed by atoms with Crippen molar-refractivity contribution in [2.24, 2.45) is 5.73 Å². The Bertz CT molecular complexity index is 277. The van der Waals surface area contributed by atoms with Crippen molar-refractivity contribution in [1.82, 2.24) is 0 Å². The fourth-order valence-electron chi connectivity index (χ4n) is 1.35. The van der Waals surface area contributed by atoms with Crippen LogP contribution in [-0.2, 0) is 0 Å². The van der Waals surface area contributed by atoms with E-state index in [1.807, 2.05) is 6.07 Å². The average molecular weight is 249 g/mol. The van der Waals surface area contributed by atoms with Crippen molar-refractivity contribution in [2.75, 3.05) is 0 Å². The molecule has 1 aliphatic rings. The van der Waals surface area contributed by atoms with E-state index in [-0.39, 0.29) is 12.4 Å². The normalized spacial score (nSPS) is 26.2. The first-order chi connectivity index (χ1) is 5.29. The lowest BCUT2D eigenvalue weighted by molar-refractivity contribution is 0.986. The summed E-state index contributed by atoms with van der Waals surface area (Å²) in [5.74, 6) is 0.602. The zero-order chi connectivity index (χ0) is 7.84. The van der Waals surface area contributed by atoms with Gasteiger partial charge in [-0.2, -0.15) is 0 Å². The van der Waals surface area contributed by atoms with Gasteiger partial charge in [-0.25, -0.2) is 0 Å². The first-order valence-corrected chi connectivity index (χ1v) is 4.58. The van der Waals surface area contributed by atoms with Crippen LogP contribution in [-0.4, -0.2) is 6.04 Å². The van der Waals surface area contributed by atoms with Gasteiger partial charge in [-0.1, -0.05) is 34.1 Å². The molecule has 1 aromatic carbocycles. The van der Waals surface area contributed by atoms with Gasteiger partial charge in [0.15, 0.2) is 0 Å². The predicted octanol–water partition coefficient (Wildman–Crippen LogP) is 2.69. The Morgan fingerprint density at radius 1 is 1.33 bits per heavy atom. The Labute approximate surface area is 86.9 Å². The second-order valence-corrected chi connectivity index (χ2v) is 3.88. The minimum atomic E-state index is 0. The summed E-state index contributed by atoms with van der Waals surface area (Å²) in [4.78, 5) is 0. The maximum atomic E-state index is 5.75. The van der Waals surface area contributed by atoms with Crippen LogP contribution in [0.2, 0.25) is 0 Å². The van der Waals surface area contributed by atoms with E-state index in [9.17, 15) is 0 Å². The summed E-state index contributed by atoms with van der Waals surface area (Å²) in [5, 5.41) is 0. The molecule has 0 aromatic heterocycles. The molecule has 1 aliphatic carbocycles. The van der Waals surface area contributed by atoms with Gasteiger partial charge in [0.2, 0.25) is 0 Å². The maximum Gasteiger partial charge on any atom is 0.0210 e. The van der Waals surface area contributed by atoms with Crippen molar-refractivity contribution in [3.05, 3.63) is 34.3 Å². The SMILES string of the molecule is Cl.N[C@H]1C[C@@H]1c1ccccc1Br. The van der Waals surface area contributed by atoms with Gasteiger partial charge in [-0.15, -0.1) is 12.4 Å². The Hall–Kier alpha value is -0.0500. The Balaban J connectivity index is 0.000000720. The molecule has 0 heterocycles. The minimum absolute atomic E-state index is 0. The molecule has 2 rings (SSSR count). The molecule has 0 aliphatic heterocycles. The lowest BCUT2D eigenvalue weighted by Gasteiger charge is -2.00. The zero-order valence-corrected chi connectivity index (χ0v) is 8.94. The molecule has 12 heavy (non-hydrogen) atoms. The summed E-state index contributed by atoms with van der Waals surface area (Å²) >= 11 is 3.51. The highest BCUT2D eigenvalue weighted by Crippen LogP contribution is 2.41. The maximum absolute atomic E-state index is 5.75. The first kappa shape index (κ1) is 10.0. The second kappa shape index (κ2) is 3.77. The van der Waals surface area contributed by atoms with Crippen LogP contribution in [0, 0.1) is 0 Å². The van der Waals surface area contributed by atoms with Crippen LogP contribution >= 0.6 is 28.3 Å². The molecule has 3 heteroatoms. The molecule has 0 saturated heterocycles. The van der Waals surface area contributed by atoms with E-state index in [2.05, 4.69) is 34.1 Å². The third kappa shape index (κ3) is 1.82. The number of hydrogen-bond acceptors (Lipinski definition) is 1. The topological polar surface area (TPSA) is 26.0 Å². The van der Waals surface area contributed by atoms with Crippen molar-refractivity contribution in [2.45, 2.75) is 18.4 Å². The summed E-state index contributed by atoms with van der Waals surface area (Å²) in [7, 11) is 0. The molecule has 1 saturated carbocycles. The number of rotatable bonds is 1. The van der Waals surface area contributed by atoms with E-state index in [0.29, 0.717) is 12.0 Å². The van der Waals surface area contributed by atoms with Gasteiger partial charge in [-0.05, 0) is 18.1 Å². The van der Waals surface area contributed by atoms with E-state index < -0.39 is 0 Å². The van der Waals surface area contributed by atoms with Crippen LogP contribution in [0.25, 0.3) is 0 Å². The predicted molar refractivity (Wildman–Crippen MR) is 56.7 cm³/mol. The minimum Gasteiger partial charge on any atom is -0.327 e. The summed E-state index contributed by atoms with van der Waals surface area (Å²) in [6, 6.07) is 8.70. The molecule has 66 valence electrons. The van der Waals surface area contributed by atoms with Gasteiger partial charge in [0, 0.05) is 16.4 Å². The molecule has 0 radical (unpaired) electrons. The van der Waals surface area contributed by atoms with E-state index in [1.165, 1.54) is 10.0 Å². The smallest absolute Gasteiger partial charge is 0.0210 e. The van der Waals surface area contributed by atoms with Crippen molar-refractivity contribution >= 4 is 28.3 Å². The molecule has 0 unspecified atom stereocenters. The highest BCUT2D eigenvalue weighted by atomic mass is 79.9. The Kier molecular flexibility index (Phi) is 3.16. The van der Waals surface area contributed by atoms with Crippen LogP contribution < -0.4 is 5.73 Å². The summed E-state index contributed by atoms with van der Waals surface area (Å²) < 4.78 is 1.19. The van der Waals surface area contributed by atoms with Crippen LogP contribution in [0.3, 0.4) is 0 Å². The van der Waals surface area contributed by atoms with Gasteiger partial charge < -0.3 is 5.73 Å². The van der Waals surface area contributed by atoms with Crippen LogP contribution in [0.4, 0.5) is 0 Å². The van der Waals surface area contributed by atoms with Gasteiger partial charge >= 0.3 is 0 Å². The van der Waals surface area contributed by atoms with E-state index in [4.69, 9.17) is 5.73 Å². The number of hydrogen-bond donors (Lipinski definition) is 1. The van der Waals surface area contributed by atoms with E-state index >= 15 is 0 Å². The second-order valence-electron chi connectivity index (χ2n) is 3.03. The molecular formula is C9H11BrClN. The lowest BCUT2D eigenvalue weighted by atomic mass is 10.1. The Morgan fingerprint density at radius 2 is 1.92 bits per heavy atom. The zero-order valence-electron chi connectivity index (χ0n) is 6.53. The quantitative estimate of drug-likeness (QED) is 0.812. The monoisotopic (exact) mass is 247 g/mol. The van der Waals surface area contributed by atoms with Crippen LogP contribution in [0.5, 0.6) is 0 Å². The third-order valence-corrected chi connectivity index (χ3v) is 2.87. The summed E-state index contributed by atoms with van der Waals surface area (Å²) in [5.41, 5.74) is 7.11. The van der Waals surface area contributed by atoms with Gasteiger partial charge in [0.05, 0.1) is 0 Å². The molecule has 0 spiro atoms. The van der Waals surface area contributed by atoms with Gasteiger partial charge in [-0.3, -0.25) is 0 Å². The molecule has 0 bridgehead atoms. The average Bonchev–Trinajstić information content (AvgIpc) is 2.68. The van der Waals surface area contributed by atoms with E-state index in [0.717, 1.165) is 6.42 Å². The molecule has 1 fully saturated rings. The highest BCUT2D eigenvalue weighted by molar-refractivity contribution is 9.10.